The van der Waals surface area contributed by atoms with Crippen LogP contribution in [0.1, 0.15) is 16.7 Å². The van der Waals surface area contributed by atoms with Crippen LogP contribution in [0, 0.1) is 27.9 Å². The Kier molecular flexibility index (Phi) is 4.91. The molecule has 0 aliphatic heterocycles. The molecule has 2 nitrogen and oxygen atoms in total. The molecule has 2 aromatic carbocycles. The molecule has 0 aliphatic rings. The average molecular weight is 383 g/mol. The zero-order valence-corrected chi connectivity index (χ0v) is 14.7. The summed E-state index contributed by atoms with van der Waals surface area (Å²) in [5, 5.41) is 0. The molecule has 0 saturated heterocycles. The van der Waals surface area contributed by atoms with Crippen LogP contribution in [0.2, 0.25) is 0 Å². The first-order chi connectivity index (χ1) is 9.55. The van der Waals surface area contributed by atoms with Crippen molar-refractivity contribution in [2.24, 2.45) is 0 Å². The first kappa shape index (κ1) is 15.2. The number of methoxy groups -OCH3 is 2. The van der Waals surface area contributed by atoms with Gasteiger partial charge in [-0.15, -0.1) is 0 Å². The number of aryl methyl sites for hydroxylation is 3. The minimum absolute atomic E-state index is 0.254. The van der Waals surface area contributed by atoms with Gasteiger partial charge in [-0.3, -0.25) is 0 Å². The second-order valence-electron chi connectivity index (χ2n) is 4.81. The number of rotatable bonds is 4. The van der Waals surface area contributed by atoms with E-state index in [1.165, 1.54) is 23.8 Å². The number of hydrogen-bond donors (Lipinski definition) is 0. The molecule has 0 saturated carbocycles. The normalized spacial score (nSPS) is 10.7. The van der Waals surface area contributed by atoms with E-state index in [1.807, 2.05) is 12.1 Å². The Balaban J connectivity index is 2.40. The third kappa shape index (κ3) is 3.26. The molecule has 108 valence electrons. The molecule has 0 N–H and O–H groups in total. The van der Waals surface area contributed by atoms with Gasteiger partial charge in [-0.2, -0.15) is 0 Å². The van der Waals surface area contributed by atoms with E-state index >= 15 is 0 Å². The summed E-state index contributed by atoms with van der Waals surface area (Å²) in [5.41, 5.74) is 4.09. The third-order valence-corrected chi connectivity index (χ3v) is 6.85. The van der Waals surface area contributed by atoms with Gasteiger partial charge in [0.1, 0.15) is 0 Å². The van der Waals surface area contributed by atoms with Crippen molar-refractivity contribution in [3.63, 3.8) is 0 Å². The van der Waals surface area contributed by atoms with Crippen molar-refractivity contribution < 1.29 is 30.7 Å². The maximum absolute atomic E-state index is 5.51. The second-order valence-corrected chi connectivity index (χ2v) is 7.59. The molecule has 0 radical (unpaired) electrons. The summed E-state index contributed by atoms with van der Waals surface area (Å²) in [4.78, 5) is 0. The molecule has 2 rings (SSSR count). The van der Waals surface area contributed by atoms with Crippen LogP contribution in [0.25, 0.3) is 0 Å². The average Bonchev–Trinajstić information content (AvgIpc) is 2.42. The van der Waals surface area contributed by atoms with Crippen molar-refractivity contribution in [1.82, 2.24) is 0 Å². The van der Waals surface area contributed by atoms with Gasteiger partial charge in [0.05, 0.1) is 0 Å². The summed E-state index contributed by atoms with van der Waals surface area (Å²) in [6.45, 7) is 6.55. The summed E-state index contributed by atoms with van der Waals surface area (Å²) in [6.07, 6.45) is 0. The monoisotopic (exact) mass is 383 g/mol. The minimum atomic E-state index is -0.254. The molecular formula is C17H20IO2-. The Morgan fingerprint density at radius 2 is 1.50 bits per heavy atom. The fourth-order valence-electron chi connectivity index (χ4n) is 2.26. The summed E-state index contributed by atoms with van der Waals surface area (Å²) in [7, 11) is 3.40. The predicted octanol–water partition coefficient (Wildman–Crippen LogP) is 0.757. The van der Waals surface area contributed by atoms with Crippen LogP contribution in [0.3, 0.4) is 0 Å². The van der Waals surface area contributed by atoms with Crippen molar-refractivity contribution in [3.05, 3.63) is 54.2 Å². The van der Waals surface area contributed by atoms with Gasteiger partial charge in [-0.05, 0) is 0 Å². The molecule has 0 fully saturated rings. The first-order valence-electron chi connectivity index (χ1n) is 6.50. The maximum atomic E-state index is 5.51. The van der Waals surface area contributed by atoms with Crippen LogP contribution >= 0.6 is 0 Å². The fraction of sp³-hybridized carbons (Fsp3) is 0.294. The van der Waals surface area contributed by atoms with E-state index in [0.29, 0.717) is 0 Å². The molecule has 0 bridgehead atoms. The Morgan fingerprint density at radius 3 is 2.05 bits per heavy atom. The van der Waals surface area contributed by atoms with Gasteiger partial charge in [0.15, 0.2) is 0 Å². The van der Waals surface area contributed by atoms with Gasteiger partial charge < -0.3 is 0 Å². The van der Waals surface area contributed by atoms with Gasteiger partial charge in [0.2, 0.25) is 0 Å². The van der Waals surface area contributed by atoms with Crippen LogP contribution in [0.4, 0.5) is 0 Å². The zero-order valence-electron chi connectivity index (χ0n) is 12.6. The van der Waals surface area contributed by atoms with Gasteiger partial charge in [-0.25, -0.2) is 0 Å². The van der Waals surface area contributed by atoms with Crippen LogP contribution in [0.15, 0.2) is 30.3 Å². The van der Waals surface area contributed by atoms with E-state index in [0.717, 1.165) is 11.5 Å². The molecule has 0 unspecified atom stereocenters. The standard InChI is InChI=1S/C17H20IO2/c1-11-8-12(2)17(13(3)9-11)18-15-7-6-14(19-4)10-16(15)20-5/h6-10H,1-5H3/q-1. The summed E-state index contributed by atoms with van der Waals surface area (Å²) in [5.74, 6) is 1.77. The molecule has 0 aliphatic carbocycles. The van der Waals surface area contributed by atoms with E-state index in [4.69, 9.17) is 9.47 Å². The predicted molar refractivity (Wildman–Crippen MR) is 77.6 cm³/mol. The molecule has 0 heterocycles. The van der Waals surface area contributed by atoms with Crippen LogP contribution < -0.4 is 30.7 Å². The summed E-state index contributed by atoms with van der Waals surface area (Å²) in [6, 6.07) is 10.6. The SMILES string of the molecule is COc1ccc([I-]c2c(C)cc(C)cc2C)c(OC)c1. The number of benzene rings is 2. The third-order valence-electron chi connectivity index (χ3n) is 3.14. The van der Waals surface area contributed by atoms with Crippen LogP contribution in [-0.2, 0) is 0 Å². The first-order valence-corrected chi connectivity index (χ1v) is 8.65. The van der Waals surface area contributed by atoms with E-state index in [2.05, 4.69) is 39.0 Å². The molecule has 0 spiro atoms. The molecule has 0 amide bonds. The zero-order chi connectivity index (χ0) is 14.7. The van der Waals surface area contributed by atoms with Crippen molar-refractivity contribution in [2.75, 3.05) is 14.2 Å². The summed E-state index contributed by atoms with van der Waals surface area (Å²) >= 11 is -0.254. The van der Waals surface area contributed by atoms with Gasteiger partial charge in [-0.1, -0.05) is 0 Å². The van der Waals surface area contributed by atoms with Crippen molar-refractivity contribution >= 4 is 0 Å². The number of halogens is 1. The van der Waals surface area contributed by atoms with E-state index in [-0.39, 0.29) is 21.2 Å². The Hall–Kier alpha value is -1.23. The van der Waals surface area contributed by atoms with E-state index in [9.17, 15) is 0 Å². The number of ether oxygens (including phenoxy) is 2. The van der Waals surface area contributed by atoms with Gasteiger partial charge in [0, 0.05) is 0 Å². The van der Waals surface area contributed by atoms with Crippen molar-refractivity contribution in [2.45, 2.75) is 20.8 Å². The van der Waals surface area contributed by atoms with E-state index < -0.39 is 0 Å². The van der Waals surface area contributed by atoms with Crippen LogP contribution in [-0.4, -0.2) is 14.2 Å². The Morgan fingerprint density at radius 1 is 0.850 bits per heavy atom. The van der Waals surface area contributed by atoms with Crippen LogP contribution in [0.5, 0.6) is 11.5 Å². The summed E-state index contributed by atoms with van der Waals surface area (Å²) < 4.78 is 13.5. The van der Waals surface area contributed by atoms with Crippen molar-refractivity contribution in [3.8, 4) is 11.5 Å². The van der Waals surface area contributed by atoms with E-state index in [1.54, 1.807) is 14.2 Å². The molecule has 0 atom stereocenters. The van der Waals surface area contributed by atoms with Gasteiger partial charge >= 0.3 is 131 Å². The molecule has 0 aromatic heterocycles. The molecule has 2 aromatic rings. The molecular weight excluding hydrogens is 363 g/mol. The fourth-order valence-corrected chi connectivity index (χ4v) is 5.00. The molecule has 3 heteroatoms. The Labute approximate surface area is 131 Å². The quantitative estimate of drug-likeness (QED) is 0.726. The topological polar surface area (TPSA) is 18.5 Å². The molecule has 20 heavy (non-hydrogen) atoms. The Bertz CT molecular complexity index is 597. The second kappa shape index (κ2) is 6.48. The number of hydrogen-bond acceptors (Lipinski definition) is 2. The van der Waals surface area contributed by atoms with Crippen molar-refractivity contribution in [1.29, 1.82) is 0 Å². The van der Waals surface area contributed by atoms with Gasteiger partial charge in [0.25, 0.3) is 0 Å².